The summed E-state index contributed by atoms with van der Waals surface area (Å²) in [5.74, 6) is -2.55. The van der Waals surface area contributed by atoms with E-state index < -0.39 is 28.1 Å². The zero-order valence-electron chi connectivity index (χ0n) is 16.1. The number of benzene rings is 2. The molecule has 32 heavy (non-hydrogen) atoms. The van der Waals surface area contributed by atoms with Crippen LogP contribution in [0.25, 0.3) is 0 Å². The Morgan fingerprint density at radius 2 is 1.84 bits per heavy atom. The van der Waals surface area contributed by atoms with Crippen molar-refractivity contribution in [2.45, 2.75) is 5.16 Å². The molecule has 0 aliphatic heterocycles. The fourth-order valence-corrected chi connectivity index (χ4v) is 3.15. The number of nitrogens with one attached hydrogen (secondary N) is 3. The number of rotatable bonds is 7. The monoisotopic (exact) mass is 458 g/mol. The number of H-pyrrole nitrogens is 1. The third kappa shape index (κ3) is 5.46. The van der Waals surface area contributed by atoms with Crippen LogP contribution in [-0.4, -0.2) is 32.5 Å². The summed E-state index contributed by atoms with van der Waals surface area (Å²) in [7, 11) is 0. The van der Waals surface area contributed by atoms with Crippen LogP contribution >= 0.6 is 11.8 Å². The van der Waals surface area contributed by atoms with Crippen LogP contribution in [-0.2, 0) is 4.79 Å². The first-order chi connectivity index (χ1) is 15.2. The highest BCUT2D eigenvalue weighted by Crippen LogP contribution is 2.19. The van der Waals surface area contributed by atoms with Gasteiger partial charge in [-0.15, -0.1) is 0 Å². The van der Waals surface area contributed by atoms with E-state index in [-0.39, 0.29) is 33.7 Å². The van der Waals surface area contributed by atoms with Gasteiger partial charge in [0.2, 0.25) is 5.91 Å². The van der Waals surface area contributed by atoms with Crippen molar-refractivity contribution < 1.29 is 18.9 Å². The molecule has 0 aliphatic rings. The molecule has 13 heteroatoms. The number of nitro benzene ring substituents is 1. The maximum atomic E-state index is 13.7. The van der Waals surface area contributed by atoms with Crippen molar-refractivity contribution in [3.63, 3.8) is 0 Å². The number of anilines is 3. The highest BCUT2D eigenvalue weighted by atomic mass is 32.2. The maximum absolute atomic E-state index is 13.7. The molecule has 1 aromatic heterocycles. The first-order valence-corrected chi connectivity index (χ1v) is 9.86. The molecule has 0 saturated heterocycles. The summed E-state index contributed by atoms with van der Waals surface area (Å²) in [4.78, 5) is 52.9. The number of aromatic nitrogens is 2. The number of nitro groups is 1. The standard InChI is InChI=1S/C19H15FN6O5S/c20-13-4-2-1-3-12(13)17(28)23-15-16(21)24-19(25-18(15)29)32-9-14(27)22-10-5-7-11(8-6-10)26(30)31/h1-8H,9H2,(H,22,27)(H,23,28)(H3,21,24,25,29). The van der Waals surface area contributed by atoms with Crippen LogP contribution < -0.4 is 21.9 Å². The molecule has 0 radical (unpaired) electrons. The third-order valence-corrected chi connectivity index (χ3v) is 4.86. The molecule has 2 aromatic carbocycles. The molecule has 0 unspecified atom stereocenters. The molecule has 0 aliphatic carbocycles. The first kappa shape index (κ1) is 22.4. The van der Waals surface area contributed by atoms with Gasteiger partial charge in [0, 0.05) is 17.8 Å². The topological polar surface area (TPSA) is 173 Å². The summed E-state index contributed by atoms with van der Waals surface area (Å²) in [5.41, 5.74) is 4.59. The predicted molar refractivity (Wildman–Crippen MR) is 116 cm³/mol. The Balaban J connectivity index is 1.63. The second kappa shape index (κ2) is 9.70. The lowest BCUT2D eigenvalue weighted by Crippen LogP contribution is -2.24. The van der Waals surface area contributed by atoms with Crippen molar-refractivity contribution in [2.75, 3.05) is 22.1 Å². The zero-order valence-corrected chi connectivity index (χ0v) is 16.9. The van der Waals surface area contributed by atoms with E-state index >= 15 is 0 Å². The second-order valence-electron chi connectivity index (χ2n) is 6.21. The first-order valence-electron chi connectivity index (χ1n) is 8.87. The molecule has 0 atom stereocenters. The molecule has 11 nitrogen and oxygen atoms in total. The number of thioether (sulfide) groups is 1. The highest BCUT2D eigenvalue weighted by Gasteiger charge is 2.17. The average molecular weight is 458 g/mol. The van der Waals surface area contributed by atoms with Gasteiger partial charge < -0.3 is 16.4 Å². The van der Waals surface area contributed by atoms with Gasteiger partial charge in [0.1, 0.15) is 11.5 Å². The van der Waals surface area contributed by atoms with Crippen LogP contribution in [0, 0.1) is 15.9 Å². The number of nitrogen functional groups attached to an aromatic ring is 1. The Labute approximate surface area is 183 Å². The van der Waals surface area contributed by atoms with Gasteiger partial charge in [0.25, 0.3) is 17.2 Å². The van der Waals surface area contributed by atoms with Gasteiger partial charge in [-0.25, -0.2) is 9.37 Å². The molecule has 2 amide bonds. The van der Waals surface area contributed by atoms with Gasteiger partial charge >= 0.3 is 0 Å². The summed E-state index contributed by atoms with van der Waals surface area (Å²) in [6, 6.07) is 10.5. The van der Waals surface area contributed by atoms with E-state index in [2.05, 4.69) is 20.6 Å². The number of carbonyl (C=O) groups is 2. The average Bonchev–Trinajstić information content (AvgIpc) is 2.75. The number of non-ortho nitro benzene ring substituents is 1. The highest BCUT2D eigenvalue weighted by molar-refractivity contribution is 7.99. The lowest BCUT2D eigenvalue weighted by molar-refractivity contribution is -0.384. The Bertz CT molecular complexity index is 1250. The van der Waals surface area contributed by atoms with Gasteiger partial charge in [-0.05, 0) is 24.3 Å². The number of nitrogens with two attached hydrogens (primary N) is 1. The van der Waals surface area contributed by atoms with Crippen LogP contribution in [0.2, 0.25) is 0 Å². The van der Waals surface area contributed by atoms with Gasteiger partial charge in [-0.3, -0.25) is 29.5 Å². The molecule has 0 fully saturated rings. The maximum Gasteiger partial charge on any atom is 0.277 e. The quantitative estimate of drug-likeness (QED) is 0.181. The van der Waals surface area contributed by atoms with Crippen molar-refractivity contribution in [3.8, 4) is 0 Å². The van der Waals surface area contributed by atoms with Crippen molar-refractivity contribution in [1.82, 2.24) is 9.97 Å². The summed E-state index contributed by atoms with van der Waals surface area (Å²) >= 11 is 0.871. The molecule has 0 spiro atoms. The molecule has 1 heterocycles. The van der Waals surface area contributed by atoms with Crippen molar-refractivity contribution in [1.29, 1.82) is 0 Å². The molecular weight excluding hydrogens is 443 g/mol. The minimum Gasteiger partial charge on any atom is -0.382 e. The minimum atomic E-state index is -0.870. The van der Waals surface area contributed by atoms with Crippen molar-refractivity contribution in [2.24, 2.45) is 0 Å². The van der Waals surface area contributed by atoms with Gasteiger partial charge in [0.15, 0.2) is 11.0 Å². The summed E-state index contributed by atoms with van der Waals surface area (Å²) in [6.07, 6.45) is 0. The van der Waals surface area contributed by atoms with Gasteiger partial charge in [0.05, 0.1) is 16.2 Å². The van der Waals surface area contributed by atoms with E-state index in [9.17, 15) is 28.9 Å². The summed E-state index contributed by atoms with van der Waals surface area (Å²) < 4.78 is 13.7. The number of aromatic amines is 1. The van der Waals surface area contributed by atoms with E-state index in [0.717, 1.165) is 17.8 Å². The van der Waals surface area contributed by atoms with Crippen molar-refractivity contribution in [3.05, 3.63) is 80.4 Å². The van der Waals surface area contributed by atoms with Crippen LogP contribution in [0.4, 0.5) is 27.3 Å². The lowest BCUT2D eigenvalue weighted by Gasteiger charge is -2.09. The van der Waals surface area contributed by atoms with E-state index in [1.54, 1.807) is 0 Å². The molecule has 0 saturated carbocycles. The number of halogens is 1. The number of hydrogen-bond donors (Lipinski definition) is 4. The third-order valence-electron chi connectivity index (χ3n) is 3.98. The van der Waals surface area contributed by atoms with Gasteiger partial charge in [-0.2, -0.15) is 0 Å². The fraction of sp³-hybridized carbons (Fsp3) is 0.0526. The SMILES string of the molecule is Nc1nc(SCC(=O)Nc2ccc([N+](=O)[O-])cc2)[nH]c(=O)c1NC(=O)c1ccccc1F. The predicted octanol–water partition coefficient (Wildman–Crippen LogP) is 2.38. The Kier molecular flexibility index (Phi) is 6.80. The van der Waals surface area contributed by atoms with Crippen LogP contribution in [0.5, 0.6) is 0 Å². The van der Waals surface area contributed by atoms with Crippen LogP contribution in [0.3, 0.4) is 0 Å². The normalized spacial score (nSPS) is 10.4. The van der Waals surface area contributed by atoms with Gasteiger partial charge in [-0.1, -0.05) is 23.9 Å². The Morgan fingerprint density at radius 3 is 2.47 bits per heavy atom. The van der Waals surface area contributed by atoms with Crippen LogP contribution in [0.1, 0.15) is 10.4 Å². The molecule has 0 bridgehead atoms. The number of amides is 2. The van der Waals surface area contributed by atoms with Crippen LogP contribution in [0.15, 0.2) is 58.5 Å². The Hall–Kier alpha value is -4.26. The second-order valence-corrected chi connectivity index (χ2v) is 7.17. The molecule has 3 aromatic rings. The number of hydrogen-bond acceptors (Lipinski definition) is 8. The number of nitrogens with zero attached hydrogens (tertiary/aromatic N) is 2. The largest absolute Gasteiger partial charge is 0.382 e. The minimum absolute atomic E-state index is 0.0234. The Morgan fingerprint density at radius 1 is 1.16 bits per heavy atom. The lowest BCUT2D eigenvalue weighted by atomic mass is 10.2. The van der Waals surface area contributed by atoms with Crippen molar-refractivity contribution >= 4 is 46.5 Å². The fourth-order valence-electron chi connectivity index (χ4n) is 2.48. The molecule has 5 N–H and O–H groups in total. The van der Waals surface area contributed by atoms with E-state index in [1.807, 2.05) is 0 Å². The smallest absolute Gasteiger partial charge is 0.277 e. The molecular formula is C19H15FN6O5S. The van der Waals surface area contributed by atoms with E-state index in [0.29, 0.717) is 5.69 Å². The summed E-state index contributed by atoms with van der Waals surface area (Å²) in [6.45, 7) is 0. The van der Waals surface area contributed by atoms with E-state index in [4.69, 9.17) is 5.73 Å². The number of carbonyl (C=O) groups excluding carboxylic acids is 2. The summed E-state index contributed by atoms with van der Waals surface area (Å²) in [5, 5.41) is 15.4. The zero-order chi connectivity index (χ0) is 23.3. The molecule has 3 rings (SSSR count). The molecule has 164 valence electrons. The van der Waals surface area contributed by atoms with E-state index in [1.165, 1.54) is 42.5 Å².